The highest BCUT2D eigenvalue weighted by atomic mass is 16.1. The number of hydrogen-bond donors (Lipinski definition) is 3. The molecule has 5 nitrogen and oxygen atoms in total. The molecule has 0 saturated heterocycles. The zero-order valence-corrected chi connectivity index (χ0v) is 10.5. The lowest BCUT2D eigenvalue weighted by Gasteiger charge is -2.07. The number of benzene rings is 1. The van der Waals surface area contributed by atoms with E-state index in [1.807, 2.05) is 12.1 Å². The molecule has 5 heteroatoms. The molecule has 0 aliphatic carbocycles. The summed E-state index contributed by atoms with van der Waals surface area (Å²) in [6.07, 6.45) is 4.24. The molecule has 0 atom stereocenters. The second-order valence-electron chi connectivity index (χ2n) is 4.26. The summed E-state index contributed by atoms with van der Waals surface area (Å²) in [5, 5.41) is 2.82. The lowest BCUT2D eigenvalue weighted by molar-refractivity contribution is 0.0954. The highest BCUT2D eigenvalue weighted by Gasteiger charge is 2.06. The van der Waals surface area contributed by atoms with Crippen LogP contribution in [-0.2, 0) is 6.42 Å². The van der Waals surface area contributed by atoms with Crippen LogP contribution in [0.1, 0.15) is 15.9 Å². The molecule has 1 aromatic carbocycles. The molecule has 0 fully saturated rings. The first-order valence-corrected chi connectivity index (χ1v) is 5.98. The van der Waals surface area contributed by atoms with Crippen molar-refractivity contribution in [3.05, 3.63) is 53.9 Å². The van der Waals surface area contributed by atoms with Crippen LogP contribution >= 0.6 is 0 Å². The van der Waals surface area contributed by atoms with Gasteiger partial charge in [-0.15, -0.1) is 0 Å². The molecule has 5 N–H and O–H groups in total. The van der Waals surface area contributed by atoms with Crippen LogP contribution in [0, 0.1) is 0 Å². The summed E-state index contributed by atoms with van der Waals surface area (Å²) in [5.41, 5.74) is 13.8. The van der Waals surface area contributed by atoms with Crippen molar-refractivity contribution in [2.45, 2.75) is 6.42 Å². The molecular weight excluding hydrogens is 240 g/mol. The maximum atomic E-state index is 11.9. The highest BCUT2D eigenvalue weighted by Crippen LogP contribution is 2.13. The molecule has 1 amide bonds. The fourth-order valence-corrected chi connectivity index (χ4v) is 1.78. The minimum atomic E-state index is -0.178. The van der Waals surface area contributed by atoms with Gasteiger partial charge in [-0.1, -0.05) is 6.07 Å². The standard InChI is InChI=1S/C14H16N4O/c15-12-6-11(7-13(16)8-12)14(19)18-5-3-10-2-1-4-17-9-10/h1-2,4,6-9H,3,5,15-16H2,(H,18,19). The monoisotopic (exact) mass is 256 g/mol. The molecule has 2 aromatic rings. The van der Waals surface area contributed by atoms with E-state index >= 15 is 0 Å². The summed E-state index contributed by atoms with van der Waals surface area (Å²) in [6.45, 7) is 0.541. The zero-order chi connectivity index (χ0) is 13.7. The minimum Gasteiger partial charge on any atom is -0.399 e. The number of rotatable bonds is 4. The molecule has 0 radical (unpaired) electrons. The summed E-state index contributed by atoms with van der Waals surface area (Å²) in [6, 6.07) is 8.67. The summed E-state index contributed by atoms with van der Waals surface area (Å²) in [7, 11) is 0. The average Bonchev–Trinajstić information content (AvgIpc) is 2.38. The molecule has 0 aliphatic rings. The van der Waals surface area contributed by atoms with Crippen LogP contribution in [-0.4, -0.2) is 17.4 Å². The lowest BCUT2D eigenvalue weighted by atomic mass is 10.1. The molecular formula is C14H16N4O. The zero-order valence-electron chi connectivity index (χ0n) is 10.5. The van der Waals surface area contributed by atoms with E-state index in [0.29, 0.717) is 23.5 Å². The van der Waals surface area contributed by atoms with Crippen LogP contribution in [0.4, 0.5) is 11.4 Å². The van der Waals surface area contributed by atoms with Crippen LogP contribution < -0.4 is 16.8 Å². The Morgan fingerprint density at radius 3 is 2.58 bits per heavy atom. The van der Waals surface area contributed by atoms with Crippen molar-refractivity contribution in [3.8, 4) is 0 Å². The van der Waals surface area contributed by atoms with E-state index in [1.165, 1.54) is 0 Å². The molecule has 98 valence electrons. The van der Waals surface area contributed by atoms with Gasteiger partial charge in [0.25, 0.3) is 5.91 Å². The van der Waals surface area contributed by atoms with Crippen molar-refractivity contribution in [2.75, 3.05) is 18.0 Å². The Hall–Kier alpha value is -2.56. The van der Waals surface area contributed by atoms with Crippen molar-refractivity contribution in [2.24, 2.45) is 0 Å². The number of nitrogens with two attached hydrogens (primary N) is 2. The van der Waals surface area contributed by atoms with Gasteiger partial charge in [0.15, 0.2) is 0 Å². The van der Waals surface area contributed by atoms with Gasteiger partial charge in [0.05, 0.1) is 0 Å². The van der Waals surface area contributed by atoms with E-state index in [1.54, 1.807) is 30.6 Å². The van der Waals surface area contributed by atoms with E-state index in [9.17, 15) is 4.79 Å². The van der Waals surface area contributed by atoms with Crippen LogP contribution in [0.2, 0.25) is 0 Å². The Balaban J connectivity index is 1.91. The molecule has 1 heterocycles. The number of nitrogens with one attached hydrogen (secondary N) is 1. The molecule has 2 rings (SSSR count). The largest absolute Gasteiger partial charge is 0.399 e. The van der Waals surface area contributed by atoms with Crippen molar-refractivity contribution in [3.63, 3.8) is 0 Å². The Labute approximate surface area is 111 Å². The van der Waals surface area contributed by atoms with Crippen LogP contribution in [0.25, 0.3) is 0 Å². The number of nitrogen functional groups attached to an aromatic ring is 2. The lowest BCUT2D eigenvalue weighted by Crippen LogP contribution is -2.25. The number of anilines is 2. The predicted molar refractivity (Wildman–Crippen MR) is 75.5 cm³/mol. The molecule has 0 saturated carbocycles. The predicted octanol–water partition coefficient (Wildman–Crippen LogP) is 1.22. The first-order chi connectivity index (χ1) is 9.15. The van der Waals surface area contributed by atoms with Gasteiger partial charge >= 0.3 is 0 Å². The van der Waals surface area contributed by atoms with Crippen molar-refractivity contribution in [1.29, 1.82) is 0 Å². The molecule has 0 bridgehead atoms. The maximum absolute atomic E-state index is 11.9. The molecule has 19 heavy (non-hydrogen) atoms. The van der Waals surface area contributed by atoms with Crippen LogP contribution in [0.3, 0.4) is 0 Å². The van der Waals surface area contributed by atoms with E-state index < -0.39 is 0 Å². The molecule has 0 aliphatic heterocycles. The Kier molecular flexibility index (Phi) is 3.97. The smallest absolute Gasteiger partial charge is 0.251 e. The number of carbonyl (C=O) groups is 1. The van der Waals surface area contributed by atoms with Gasteiger partial charge in [0.2, 0.25) is 0 Å². The summed E-state index contributed by atoms with van der Waals surface area (Å²) >= 11 is 0. The second kappa shape index (κ2) is 5.86. The van der Waals surface area contributed by atoms with Crippen molar-refractivity contribution >= 4 is 17.3 Å². The molecule has 1 aromatic heterocycles. The fraction of sp³-hybridized carbons (Fsp3) is 0.143. The van der Waals surface area contributed by atoms with E-state index in [-0.39, 0.29) is 5.91 Å². The third-order valence-electron chi connectivity index (χ3n) is 2.66. The summed E-state index contributed by atoms with van der Waals surface area (Å²) < 4.78 is 0. The Morgan fingerprint density at radius 1 is 1.21 bits per heavy atom. The minimum absolute atomic E-state index is 0.178. The third kappa shape index (κ3) is 3.70. The number of amides is 1. The van der Waals surface area contributed by atoms with Gasteiger partial charge in [-0.3, -0.25) is 9.78 Å². The average molecular weight is 256 g/mol. The van der Waals surface area contributed by atoms with Gasteiger partial charge in [-0.25, -0.2) is 0 Å². The van der Waals surface area contributed by atoms with Crippen LogP contribution in [0.15, 0.2) is 42.7 Å². The highest BCUT2D eigenvalue weighted by molar-refractivity contribution is 5.96. The van der Waals surface area contributed by atoms with Crippen LogP contribution in [0.5, 0.6) is 0 Å². The van der Waals surface area contributed by atoms with Gasteiger partial charge in [0.1, 0.15) is 0 Å². The number of nitrogens with zero attached hydrogens (tertiary/aromatic N) is 1. The van der Waals surface area contributed by atoms with Crippen molar-refractivity contribution < 1.29 is 4.79 Å². The molecule has 0 unspecified atom stereocenters. The van der Waals surface area contributed by atoms with E-state index in [0.717, 1.165) is 12.0 Å². The quantitative estimate of drug-likeness (QED) is 0.717. The molecule has 0 spiro atoms. The number of aromatic nitrogens is 1. The number of carbonyl (C=O) groups excluding carboxylic acids is 1. The SMILES string of the molecule is Nc1cc(N)cc(C(=O)NCCc2cccnc2)c1. The van der Waals surface area contributed by atoms with E-state index in [4.69, 9.17) is 11.5 Å². The second-order valence-corrected chi connectivity index (χ2v) is 4.26. The first kappa shape index (κ1) is 12.9. The van der Waals surface area contributed by atoms with Crippen molar-refractivity contribution in [1.82, 2.24) is 10.3 Å². The normalized spacial score (nSPS) is 10.1. The Bertz CT molecular complexity index is 549. The first-order valence-electron chi connectivity index (χ1n) is 5.98. The van der Waals surface area contributed by atoms with Gasteiger partial charge in [0, 0.05) is 35.9 Å². The summed E-state index contributed by atoms with van der Waals surface area (Å²) in [4.78, 5) is 15.9. The van der Waals surface area contributed by atoms with Gasteiger partial charge < -0.3 is 16.8 Å². The van der Waals surface area contributed by atoms with Gasteiger partial charge in [-0.2, -0.15) is 0 Å². The topological polar surface area (TPSA) is 94.0 Å². The van der Waals surface area contributed by atoms with Gasteiger partial charge in [-0.05, 0) is 36.2 Å². The third-order valence-corrected chi connectivity index (χ3v) is 2.66. The Morgan fingerprint density at radius 2 is 1.95 bits per heavy atom. The number of hydrogen-bond acceptors (Lipinski definition) is 4. The summed E-state index contributed by atoms with van der Waals surface area (Å²) in [5.74, 6) is -0.178. The maximum Gasteiger partial charge on any atom is 0.251 e. The fourth-order valence-electron chi connectivity index (χ4n) is 1.78. The van der Waals surface area contributed by atoms with E-state index in [2.05, 4.69) is 10.3 Å². The number of pyridine rings is 1.